The Morgan fingerprint density at radius 1 is 1.44 bits per heavy atom. The van der Waals surface area contributed by atoms with Crippen molar-refractivity contribution in [1.82, 2.24) is 4.98 Å². The van der Waals surface area contributed by atoms with E-state index in [1.54, 1.807) is 11.1 Å². The molecule has 1 aliphatic carbocycles. The molecule has 2 rings (SSSR count). The van der Waals surface area contributed by atoms with E-state index in [4.69, 9.17) is 4.74 Å². The van der Waals surface area contributed by atoms with Gasteiger partial charge in [0.15, 0.2) is 0 Å². The van der Waals surface area contributed by atoms with Gasteiger partial charge in [0.1, 0.15) is 11.4 Å². The Bertz CT molecular complexity index is 447. The SMILES string of the molecule is Cc1ccnc(N(C(=O)OC(C)(C)C)C2CC2)c1. The van der Waals surface area contributed by atoms with Crippen LogP contribution >= 0.6 is 0 Å². The van der Waals surface area contributed by atoms with Gasteiger partial charge in [0.25, 0.3) is 0 Å². The lowest BCUT2D eigenvalue weighted by molar-refractivity contribution is 0.0576. The number of carbonyl (C=O) groups excluding carboxylic acids is 1. The molecular weight excluding hydrogens is 228 g/mol. The van der Waals surface area contributed by atoms with Crippen molar-refractivity contribution in [3.05, 3.63) is 23.9 Å². The van der Waals surface area contributed by atoms with E-state index in [1.165, 1.54) is 0 Å². The third kappa shape index (κ3) is 3.22. The number of aromatic nitrogens is 1. The van der Waals surface area contributed by atoms with E-state index < -0.39 is 5.60 Å². The standard InChI is InChI=1S/C14H20N2O2/c1-10-7-8-15-12(9-10)16(11-5-6-11)13(17)18-14(2,3)4/h7-9,11H,5-6H2,1-4H3. The molecular formula is C14H20N2O2. The third-order valence-electron chi connectivity index (χ3n) is 2.65. The summed E-state index contributed by atoms with van der Waals surface area (Å²) in [6, 6.07) is 4.08. The molecule has 1 heterocycles. The fourth-order valence-corrected chi connectivity index (χ4v) is 1.73. The summed E-state index contributed by atoms with van der Waals surface area (Å²) < 4.78 is 5.44. The zero-order valence-corrected chi connectivity index (χ0v) is 11.4. The molecule has 1 saturated carbocycles. The molecule has 0 atom stereocenters. The van der Waals surface area contributed by atoms with Crippen molar-refractivity contribution in [3.8, 4) is 0 Å². The topological polar surface area (TPSA) is 42.4 Å². The normalized spacial score (nSPS) is 15.3. The third-order valence-corrected chi connectivity index (χ3v) is 2.65. The highest BCUT2D eigenvalue weighted by atomic mass is 16.6. The molecule has 0 N–H and O–H groups in total. The van der Waals surface area contributed by atoms with Crippen LogP contribution in [0.25, 0.3) is 0 Å². The van der Waals surface area contributed by atoms with Crippen molar-refractivity contribution >= 4 is 11.9 Å². The smallest absolute Gasteiger partial charge is 0.416 e. The number of nitrogens with zero attached hydrogens (tertiary/aromatic N) is 2. The van der Waals surface area contributed by atoms with Gasteiger partial charge in [0, 0.05) is 12.2 Å². The number of hydrogen-bond acceptors (Lipinski definition) is 3. The Hall–Kier alpha value is -1.58. The summed E-state index contributed by atoms with van der Waals surface area (Å²) >= 11 is 0. The molecule has 4 nitrogen and oxygen atoms in total. The van der Waals surface area contributed by atoms with Crippen LogP contribution in [-0.4, -0.2) is 22.7 Å². The average Bonchev–Trinajstić information content (AvgIpc) is 2.99. The van der Waals surface area contributed by atoms with Crippen molar-refractivity contribution in [2.75, 3.05) is 4.90 Å². The molecule has 0 unspecified atom stereocenters. The minimum absolute atomic E-state index is 0.245. The summed E-state index contributed by atoms with van der Waals surface area (Å²) in [5, 5.41) is 0. The summed E-state index contributed by atoms with van der Waals surface area (Å²) in [4.78, 5) is 18.2. The highest BCUT2D eigenvalue weighted by Crippen LogP contribution is 2.32. The van der Waals surface area contributed by atoms with Crippen LogP contribution in [0.15, 0.2) is 18.3 Å². The maximum Gasteiger partial charge on any atom is 0.416 e. The molecule has 1 aliphatic rings. The number of hydrogen-bond donors (Lipinski definition) is 0. The van der Waals surface area contributed by atoms with Gasteiger partial charge in [-0.25, -0.2) is 9.78 Å². The molecule has 0 aliphatic heterocycles. The quantitative estimate of drug-likeness (QED) is 0.806. The second kappa shape index (κ2) is 4.59. The summed E-state index contributed by atoms with van der Waals surface area (Å²) in [7, 11) is 0. The van der Waals surface area contributed by atoms with Crippen LogP contribution in [0.5, 0.6) is 0 Å². The van der Waals surface area contributed by atoms with Crippen LogP contribution in [0.3, 0.4) is 0 Å². The highest BCUT2D eigenvalue weighted by molar-refractivity contribution is 5.88. The van der Waals surface area contributed by atoms with Crippen LogP contribution in [0.2, 0.25) is 0 Å². The monoisotopic (exact) mass is 248 g/mol. The Morgan fingerprint density at radius 2 is 2.11 bits per heavy atom. The fraction of sp³-hybridized carbons (Fsp3) is 0.571. The molecule has 0 bridgehead atoms. The molecule has 4 heteroatoms. The predicted molar refractivity (Wildman–Crippen MR) is 70.7 cm³/mol. The second-order valence-electron chi connectivity index (χ2n) is 5.77. The Morgan fingerprint density at radius 3 is 2.61 bits per heavy atom. The molecule has 1 aromatic rings. The first-order valence-corrected chi connectivity index (χ1v) is 6.32. The van der Waals surface area contributed by atoms with Gasteiger partial charge in [-0.3, -0.25) is 4.90 Å². The molecule has 98 valence electrons. The van der Waals surface area contributed by atoms with Gasteiger partial charge in [-0.15, -0.1) is 0 Å². The van der Waals surface area contributed by atoms with E-state index >= 15 is 0 Å². The first kappa shape index (κ1) is 12.9. The van der Waals surface area contributed by atoms with Gasteiger partial charge >= 0.3 is 6.09 Å². The molecule has 0 spiro atoms. The Balaban J connectivity index is 2.21. The second-order valence-corrected chi connectivity index (χ2v) is 5.77. The van der Waals surface area contributed by atoms with Crippen molar-refractivity contribution in [1.29, 1.82) is 0 Å². The molecule has 1 amide bonds. The van der Waals surface area contributed by atoms with E-state index in [1.807, 2.05) is 39.8 Å². The van der Waals surface area contributed by atoms with Crippen LogP contribution in [-0.2, 0) is 4.74 Å². The predicted octanol–water partition coefficient (Wildman–Crippen LogP) is 3.29. The molecule has 1 aromatic heterocycles. The van der Waals surface area contributed by atoms with E-state index in [-0.39, 0.29) is 12.1 Å². The molecule has 0 aromatic carbocycles. The number of carbonyl (C=O) groups is 1. The zero-order valence-electron chi connectivity index (χ0n) is 11.4. The number of rotatable bonds is 2. The maximum absolute atomic E-state index is 12.2. The largest absolute Gasteiger partial charge is 0.443 e. The van der Waals surface area contributed by atoms with E-state index in [0.717, 1.165) is 18.4 Å². The van der Waals surface area contributed by atoms with Crippen molar-refractivity contribution in [2.45, 2.75) is 52.2 Å². The highest BCUT2D eigenvalue weighted by Gasteiger charge is 2.37. The number of aryl methyl sites for hydroxylation is 1. The summed E-state index contributed by atoms with van der Waals surface area (Å²) in [6.45, 7) is 7.62. The summed E-state index contributed by atoms with van der Waals surface area (Å²) in [5.74, 6) is 0.687. The number of pyridine rings is 1. The van der Waals surface area contributed by atoms with Crippen LogP contribution in [0, 0.1) is 6.92 Å². The van der Waals surface area contributed by atoms with Crippen LogP contribution < -0.4 is 4.90 Å². The van der Waals surface area contributed by atoms with E-state index in [2.05, 4.69) is 4.98 Å². The fourth-order valence-electron chi connectivity index (χ4n) is 1.73. The molecule has 1 fully saturated rings. The van der Waals surface area contributed by atoms with Crippen molar-refractivity contribution < 1.29 is 9.53 Å². The molecule has 0 saturated heterocycles. The van der Waals surface area contributed by atoms with E-state index in [0.29, 0.717) is 5.82 Å². The summed E-state index contributed by atoms with van der Waals surface area (Å²) in [6.07, 6.45) is 3.47. The minimum atomic E-state index is -0.478. The lowest BCUT2D eigenvalue weighted by Crippen LogP contribution is -2.38. The first-order valence-electron chi connectivity index (χ1n) is 6.32. The van der Waals surface area contributed by atoms with Gasteiger partial charge in [-0.1, -0.05) is 0 Å². The number of anilines is 1. The van der Waals surface area contributed by atoms with Gasteiger partial charge in [0.2, 0.25) is 0 Å². The van der Waals surface area contributed by atoms with E-state index in [9.17, 15) is 4.79 Å². The molecule has 0 radical (unpaired) electrons. The van der Waals surface area contributed by atoms with Gasteiger partial charge in [0.05, 0.1) is 0 Å². The number of ether oxygens (including phenoxy) is 1. The van der Waals surface area contributed by atoms with Gasteiger partial charge in [-0.05, 0) is 58.2 Å². The van der Waals surface area contributed by atoms with Crippen LogP contribution in [0.1, 0.15) is 39.2 Å². The van der Waals surface area contributed by atoms with Gasteiger partial charge < -0.3 is 4.74 Å². The maximum atomic E-state index is 12.2. The number of amides is 1. The van der Waals surface area contributed by atoms with Crippen molar-refractivity contribution in [2.24, 2.45) is 0 Å². The van der Waals surface area contributed by atoms with Gasteiger partial charge in [-0.2, -0.15) is 0 Å². The first-order chi connectivity index (χ1) is 8.37. The lowest BCUT2D eigenvalue weighted by Gasteiger charge is -2.26. The van der Waals surface area contributed by atoms with Crippen LogP contribution in [0.4, 0.5) is 10.6 Å². The average molecular weight is 248 g/mol. The summed E-state index contributed by atoms with van der Waals surface area (Å²) in [5.41, 5.74) is 0.614. The Labute approximate surface area is 108 Å². The molecule has 18 heavy (non-hydrogen) atoms. The minimum Gasteiger partial charge on any atom is -0.443 e. The lowest BCUT2D eigenvalue weighted by atomic mass is 10.2. The zero-order chi connectivity index (χ0) is 13.3. The van der Waals surface area contributed by atoms with Crippen molar-refractivity contribution in [3.63, 3.8) is 0 Å². The Kier molecular flexibility index (Phi) is 3.28.